The number of hydrogen-bond donors (Lipinski definition) is 1. The average Bonchev–Trinajstić information content (AvgIpc) is 2.73. The predicted octanol–water partition coefficient (Wildman–Crippen LogP) is 4.98. The Bertz CT molecular complexity index is 995. The van der Waals surface area contributed by atoms with Gasteiger partial charge in [-0.05, 0) is 80.9 Å². The topological polar surface area (TPSA) is 45.3 Å². The summed E-state index contributed by atoms with van der Waals surface area (Å²) in [4.78, 5) is 17.0. The highest BCUT2D eigenvalue weighted by Crippen LogP contribution is 2.23. The number of halogens is 1. The molecule has 0 saturated carbocycles. The number of aryl methyl sites for hydroxylation is 1. The highest BCUT2D eigenvalue weighted by molar-refractivity contribution is 5.85. The zero-order valence-corrected chi connectivity index (χ0v) is 18.4. The van der Waals surface area contributed by atoms with E-state index in [9.17, 15) is 4.79 Å². The van der Waals surface area contributed by atoms with Gasteiger partial charge in [0.1, 0.15) is 5.75 Å². The minimum absolute atomic E-state index is 0. The molecule has 1 aliphatic rings. The van der Waals surface area contributed by atoms with Crippen LogP contribution >= 0.6 is 12.4 Å². The van der Waals surface area contributed by atoms with E-state index in [4.69, 9.17) is 4.74 Å². The quantitative estimate of drug-likeness (QED) is 0.542. The van der Waals surface area contributed by atoms with E-state index in [1.165, 1.54) is 37.9 Å². The highest BCUT2D eigenvalue weighted by Gasteiger charge is 2.19. The first-order valence-corrected chi connectivity index (χ1v) is 10.7. The van der Waals surface area contributed by atoms with E-state index >= 15 is 0 Å². The lowest BCUT2D eigenvalue weighted by Crippen LogP contribution is -2.35. The molecule has 2 aromatic carbocycles. The van der Waals surface area contributed by atoms with E-state index in [0.29, 0.717) is 0 Å². The second kappa shape index (κ2) is 10.6. The molecule has 3 aromatic rings. The van der Waals surface area contributed by atoms with Crippen LogP contribution in [0.25, 0.3) is 10.9 Å². The van der Waals surface area contributed by atoms with Crippen LogP contribution in [0.2, 0.25) is 0 Å². The maximum atomic E-state index is 11.6. The molecule has 0 amide bonds. The molecule has 1 aromatic heterocycles. The Hall–Kier alpha value is -2.30. The van der Waals surface area contributed by atoms with Crippen LogP contribution < -0.4 is 10.3 Å². The predicted molar refractivity (Wildman–Crippen MR) is 126 cm³/mol. The molecule has 160 valence electrons. The standard InChI is InChI=1S/C25H30N2O2.ClH/c1-19-16-25(28)26-24-9-8-22(18-23(19)24)29-15-5-12-27-13-10-21(11-14-27)17-20-6-3-2-4-7-20;/h2-4,6-9,16,18,21H,5,10-15,17H2,1H3,(H,26,28);1H. The summed E-state index contributed by atoms with van der Waals surface area (Å²) in [5, 5.41) is 1.04. The number of piperidine rings is 1. The van der Waals surface area contributed by atoms with Crippen LogP contribution in [0, 0.1) is 12.8 Å². The van der Waals surface area contributed by atoms with E-state index in [-0.39, 0.29) is 18.0 Å². The van der Waals surface area contributed by atoms with Crippen LogP contribution in [0.5, 0.6) is 5.75 Å². The molecule has 0 unspecified atom stereocenters. The Balaban J connectivity index is 0.00000256. The second-order valence-electron chi connectivity index (χ2n) is 8.20. The lowest BCUT2D eigenvalue weighted by atomic mass is 9.90. The third-order valence-corrected chi connectivity index (χ3v) is 5.98. The molecule has 4 rings (SSSR count). The normalized spacial score (nSPS) is 15.1. The first-order chi connectivity index (χ1) is 14.2. The van der Waals surface area contributed by atoms with Crippen molar-refractivity contribution in [1.29, 1.82) is 0 Å². The molecule has 0 atom stereocenters. The Labute approximate surface area is 184 Å². The van der Waals surface area contributed by atoms with Gasteiger partial charge in [-0.3, -0.25) is 4.79 Å². The van der Waals surface area contributed by atoms with Crippen LogP contribution in [0.3, 0.4) is 0 Å². The molecule has 0 spiro atoms. The van der Waals surface area contributed by atoms with Gasteiger partial charge in [-0.15, -0.1) is 12.4 Å². The van der Waals surface area contributed by atoms with Crippen molar-refractivity contribution >= 4 is 23.3 Å². The number of aromatic amines is 1. The van der Waals surface area contributed by atoms with Crippen LogP contribution in [0.15, 0.2) is 59.4 Å². The minimum Gasteiger partial charge on any atom is -0.494 e. The monoisotopic (exact) mass is 426 g/mol. The molecule has 1 N–H and O–H groups in total. The molecule has 1 saturated heterocycles. The van der Waals surface area contributed by atoms with Crippen LogP contribution in [0.1, 0.15) is 30.4 Å². The Morgan fingerprint density at radius 2 is 1.83 bits per heavy atom. The number of hydrogen-bond acceptors (Lipinski definition) is 3. The van der Waals surface area contributed by atoms with Crippen molar-refractivity contribution in [2.45, 2.75) is 32.6 Å². The molecule has 1 fully saturated rings. The molecule has 30 heavy (non-hydrogen) atoms. The summed E-state index contributed by atoms with van der Waals surface area (Å²) in [6, 6.07) is 18.4. The van der Waals surface area contributed by atoms with E-state index in [1.807, 2.05) is 25.1 Å². The molecule has 1 aliphatic heterocycles. The number of nitrogens with one attached hydrogen (secondary N) is 1. The number of pyridine rings is 1. The minimum atomic E-state index is -0.0591. The van der Waals surface area contributed by atoms with Gasteiger partial charge in [-0.2, -0.15) is 0 Å². The molecular formula is C25H31ClN2O2. The number of benzene rings is 2. The fourth-order valence-electron chi connectivity index (χ4n) is 4.33. The van der Waals surface area contributed by atoms with Crippen LogP contribution in [-0.4, -0.2) is 36.1 Å². The van der Waals surface area contributed by atoms with Crippen LogP contribution in [0.4, 0.5) is 0 Å². The van der Waals surface area contributed by atoms with Gasteiger partial charge in [0.15, 0.2) is 0 Å². The van der Waals surface area contributed by atoms with Gasteiger partial charge >= 0.3 is 0 Å². The van der Waals surface area contributed by atoms with Gasteiger partial charge in [0, 0.05) is 23.5 Å². The summed E-state index contributed by atoms with van der Waals surface area (Å²) in [5.41, 5.74) is 3.25. The van der Waals surface area contributed by atoms with Crippen molar-refractivity contribution in [2.75, 3.05) is 26.2 Å². The average molecular weight is 427 g/mol. The smallest absolute Gasteiger partial charge is 0.248 e. The molecule has 0 bridgehead atoms. The maximum absolute atomic E-state index is 11.6. The van der Waals surface area contributed by atoms with Crippen molar-refractivity contribution in [1.82, 2.24) is 9.88 Å². The number of rotatable bonds is 7. The third-order valence-electron chi connectivity index (χ3n) is 5.98. The molecule has 4 nitrogen and oxygen atoms in total. The molecule has 2 heterocycles. The lowest BCUT2D eigenvalue weighted by Gasteiger charge is -2.32. The summed E-state index contributed by atoms with van der Waals surface area (Å²) < 4.78 is 5.97. The van der Waals surface area contributed by atoms with Gasteiger partial charge in [0.25, 0.3) is 0 Å². The van der Waals surface area contributed by atoms with Crippen molar-refractivity contribution in [3.8, 4) is 5.75 Å². The largest absolute Gasteiger partial charge is 0.494 e. The summed E-state index contributed by atoms with van der Waals surface area (Å²) >= 11 is 0. The van der Waals surface area contributed by atoms with Crippen LogP contribution in [-0.2, 0) is 6.42 Å². The molecular weight excluding hydrogens is 396 g/mol. The fourth-order valence-corrected chi connectivity index (χ4v) is 4.33. The van der Waals surface area contributed by atoms with Crippen molar-refractivity contribution in [2.24, 2.45) is 5.92 Å². The van der Waals surface area contributed by atoms with Crippen molar-refractivity contribution < 1.29 is 4.74 Å². The van der Waals surface area contributed by atoms with E-state index < -0.39 is 0 Å². The number of fused-ring (bicyclic) bond motifs is 1. The first kappa shape index (κ1) is 22.4. The summed E-state index contributed by atoms with van der Waals surface area (Å²) in [6.45, 7) is 6.17. The highest BCUT2D eigenvalue weighted by atomic mass is 35.5. The summed E-state index contributed by atoms with van der Waals surface area (Å²) in [6.07, 6.45) is 4.83. The third kappa shape index (κ3) is 5.87. The Morgan fingerprint density at radius 3 is 2.60 bits per heavy atom. The zero-order valence-electron chi connectivity index (χ0n) is 17.6. The maximum Gasteiger partial charge on any atom is 0.248 e. The number of nitrogens with zero attached hydrogens (tertiary/aromatic N) is 1. The second-order valence-corrected chi connectivity index (χ2v) is 8.20. The number of ether oxygens (including phenoxy) is 1. The molecule has 0 radical (unpaired) electrons. The lowest BCUT2D eigenvalue weighted by molar-refractivity contribution is 0.170. The van der Waals surface area contributed by atoms with Crippen molar-refractivity contribution in [3.63, 3.8) is 0 Å². The van der Waals surface area contributed by atoms with E-state index in [2.05, 4.69) is 40.2 Å². The zero-order chi connectivity index (χ0) is 20.1. The first-order valence-electron chi connectivity index (χ1n) is 10.7. The number of H-pyrrole nitrogens is 1. The van der Waals surface area contributed by atoms with Gasteiger partial charge < -0.3 is 14.6 Å². The summed E-state index contributed by atoms with van der Waals surface area (Å²) in [7, 11) is 0. The van der Waals surface area contributed by atoms with E-state index in [1.54, 1.807) is 6.07 Å². The number of likely N-dealkylation sites (tertiary alicyclic amines) is 1. The van der Waals surface area contributed by atoms with Gasteiger partial charge in [0.2, 0.25) is 5.56 Å². The number of aromatic nitrogens is 1. The fraction of sp³-hybridized carbons (Fsp3) is 0.400. The van der Waals surface area contributed by atoms with Gasteiger partial charge in [-0.25, -0.2) is 0 Å². The van der Waals surface area contributed by atoms with Crippen molar-refractivity contribution in [3.05, 3.63) is 76.1 Å². The molecule has 0 aliphatic carbocycles. The Morgan fingerprint density at radius 1 is 1.07 bits per heavy atom. The Kier molecular flexibility index (Phi) is 7.94. The summed E-state index contributed by atoms with van der Waals surface area (Å²) in [5.74, 6) is 1.69. The van der Waals surface area contributed by atoms with Gasteiger partial charge in [0.05, 0.1) is 6.61 Å². The molecule has 5 heteroatoms. The SMILES string of the molecule is Cc1cc(=O)[nH]c2ccc(OCCCN3CCC(Cc4ccccc4)CC3)cc12.Cl. The van der Waals surface area contributed by atoms with E-state index in [0.717, 1.165) is 47.7 Å². The van der Waals surface area contributed by atoms with Gasteiger partial charge in [-0.1, -0.05) is 30.3 Å².